The van der Waals surface area contributed by atoms with Crippen LogP contribution < -0.4 is 5.69 Å². The lowest BCUT2D eigenvalue weighted by Crippen LogP contribution is -2.26. The monoisotopic (exact) mass is 487 g/mol. The molecule has 0 aliphatic heterocycles. The van der Waals surface area contributed by atoms with Crippen LogP contribution in [-0.4, -0.2) is 35.0 Å². The van der Waals surface area contributed by atoms with Crippen molar-refractivity contribution >= 4 is 0 Å². The lowest BCUT2D eigenvalue weighted by molar-refractivity contribution is 0.510. The van der Waals surface area contributed by atoms with Crippen LogP contribution in [0.3, 0.4) is 0 Å². The molecule has 0 unspecified atom stereocenters. The zero-order chi connectivity index (χ0) is 25.2. The maximum absolute atomic E-state index is 13.2. The van der Waals surface area contributed by atoms with Gasteiger partial charge in [-0.1, -0.05) is 94.8 Å². The summed E-state index contributed by atoms with van der Waals surface area (Å²) in [4.78, 5) is 13.2. The number of unbranched alkanes of at least 4 members (excludes halogenated alkanes) is 6. The highest BCUT2D eigenvalue weighted by atomic mass is 16.2. The fourth-order valence-electron chi connectivity index (χ4n) is 4.46. The van der Waals surface area contributed by atoms with E-state index in [1.54, 1.807) is 4.68 Å². The summed E-state index contributed by atoms with van der Waals surface area (Å²) in [6.07, 6.45) is 10.1. The first-order chi connectivity index (χ1) is 17.7. The van der Waals surface area contributed by atoms with E-state index in [9.17, 15) is 4.79 Å². The van der Waals surface area contributed by atoms with Crippen molar-refractivity contribution < 1.29 is 0 Å². The maximum Gasteiger partial charge on any atom is 0.346 e. The quantitative estimate of drug-likeness (QED) is 0.232. The van der Waals surface area contributed by atoms with E-state index >= 15 is 0 Å². The normalized spacial score (nSPS) is 11.3. The molecule has 0 amide bonds. The van der Waals surface area contributed by atoms with E-state index in [2.05, 4.69) is 70.9 Å². The van der Waals surface area contributed by atoms with Gasteiger partial charge < -0.3 is 0 Å². The van der Waals surface area contributed by atoms with E-state index in [1.807, 2.05) is 16.7 Å². The lowest BCUT2D eigenvalue weighted by atomic mass is 10.0. The number of aryl methyl sites for hydroxylation is 2. The predicted molar refractivity (Wildman–Crippen MR) is 143 cm³/mol. The third-order valence-corrected chi connectivity index (χ3v) is 6.57. The second-order valence-corrected chi connectivity index (χ2v) is 9.39. The first-order valence-electron chi connectivity index (χ1n) is 13.3. The van der Waals surface area contributed by atoms with Gasteiger partial charge in [0.2, 0.25) is 5.82 Å². The van der Waals surface area contributed by atoms with Gasteiger partial charge in [-0.2, -0.15) is 10.3 Å². The van der Waals surface area contributed by atoms with Crippen LogP contribution in [-0.2, 0) is 19.5 Å². The van der Waals surface area contributed by atoms with Crippen LogP contribution in [0.4, 0.5) is 0 Å². The molecule has 0 spiro atoms. The highest BCUT2D eigenvalue weighted by molar-refractivity contribution is 5.70. The standard InChI is InChI=1S/C28H37N7O/c1-3-5-7-8-9-10-19-35-28(36)34(26(31-35)14-6-4-2)21-22-15-17-23(18-16-22)24-12-11-13-25(20-24)27-29-32-33-30-27/h11-13,15-18,20H,3-10,14,19,21H2,1-2H3,(H,29,30,32,33). The molecule has 8 nitrogen and oxygen atoms in total. The average molecular weight is 488 g/mol. The van der Waals surface area contributed by atoms with E-state index in [4.69, 9.17) is 5.10 Å². The molecule has 0 atom stereocenters. The van der Waals surface area contributed by atoms with Crippen molar-refractivity contribution in [3.63, 3.8) is 0 Å². The number of hydrogen-bond donors (Lipinski definition) is 1. The molecule has 4 rings (SSSR count). The molecule has 2 aromatic heterocycles. The number of hydrogen-bond acceptors (Lipinski definition) is 5. The van der Waals surface area contributed by atoms with Crippen molar-refractivity contribution in [1.82, 2.24) is 35.0 Å². The Bertz CT molecular complexity index is 1260. The van der Waals surface area contributed by atoms with Crippen molar-refractivity contribution in [3.05, 3.63) is 70.4 Å². The Morgan fingerprint density at radius 3 is 2.33 bits per heavy atom. The van der Waals surface area contributed by atoms with Crippen molar-refractivity contribution in [1.29, 1.82) is 0 Å². The highest BCUT2D eigenvalue weighted by Crippen LogP contribution is 2.24. The molecule has 4 aromatic rings. The molecule has 0 saturated carbocycles. The molecule has 0 saturated heterocycles. The second-order valence-electron chi connectivity index (χ2n) is 9.39. The Hall–Kier alpha value is -3.55. The number of benzene rings is 2. The van der Waals surface area contributed by atoms with Gasteiger partial charge in [0.1, 0.15) is 5.82 Å². The Labute approximate surface area is 212 Å². The number of aromatic nitrogens is 7. The molecule has 0 bridgehead atoms. The van der Waals surface area contributed by atoms with Crippen LogP contribution in [0, 0.1) is 0 Å². The second kappa shape index (κ2) is 13.0. The molecule has 0 fully saturated rings. The van der Waals surface area contributed by atoms with Crippen LogP contribution in [0.2, 0.25) is 0 Å². The molecule has 190 valence electrons. The molecule has 36 heavy (non-hydrogen) atoms. The predicted octanol–water partition coefficient (Wildman–Crippen LogP) is 5.64. The summed E-state index contributed by atoms with van der Waals surface area (Å²) < 4.78 is 3.54. The Morgan fingerprint density at radius 1 is 0.833 bits per heavy atom. The molecule has 2 heterocycles. The largest absolute Gasteiger partial charge is 0.346 e. The van der Waals surface area contributed by atoms with Crippen molar-refractivity contribution in [2.24, 2.45) is 0 Å². The van der Waals surface area contributed by atoms with Gasteiger partial charge in [-0.05, 0) is 40.8 Å². The molecular weight excluding hydrogens is 450 g/mol. The van der Waals surface area contributed by atoms with Crippen LogP contribution in [0.25, 0.3) is 22.5 Å². The molecular formula is C28H37N7O. The van der Waals surface area contributed by atoms with Gasteiger partial charge in [0.25, 0.3) is 0 Å². The van der Waals surface area contributed by atoms with Gasteiger partial charge in [-0.3, -0.25) is 4.57 Å². The Balaban J connectivity index is 1.46. The number of tetrazole rings is 1. The van der Waals surface area contributed by atoms with Gasteiger partial charge in [0, 0.05) is 18.5 Å². The van der Waals surface area contributed by atoms with Crippen molar-refractivity contribution in [3.8, 4) is 22.5 Å². The smallest absolute Gasteiger partial charge is 0.274 e. The number of H-pyrrole nitrogens is 1. The van der Waals surface area contributed by atoms with Gasteiger partial charge >= 0.3 is 5.69 Å². The van der Waals surface area contributed by atoms with Gasteiger partial charge in [0.15, 0.2) is 0 Å². The van der Waals surface area contributed by atoms with Crippen molar-refractivity contribution in [2.75, 3.05) is 0 Å². The Morgan fingerprint density at radius 2 is 1.58 bits per heavy atom. The Kier molecular flexibility index (Phi) is 9.19. The van der Waals surface area contributed by atoms with Gasteiger partial charge in [-0.15, -0.1) is 10.2 Å². The minimum Gasteiger partial charge on any atom is -0.274 e. The third kappa shape index (κ3) is 6.56. The van der Waals surface area contributed by atoms with E-state index in [0.717, 1.165) is 60.2 Å². The molecule has 0 radical (unpaired) electrons. The first-order valence-corrected chi connectivity index (χ1v) is 13.3. The highest BCUT2D eigenvalue weighted by Gasteiger charge is 2.14. The third-order valence-electron chi connectivity index (χ3n) is 6.57. The zero-order valence-electron chi connectivity index (χ0n) is 21.5. The number of nitrogens with one attached hydrogen (secondary N) is 1. The van der Waals surface area contributed by atoms with Crippen LogP contribution in [0.15, 0.2) is 53.3 Å². The fraction of sp³-hybridized carbons (Fsp3) is 0.464. The van der Waals surface area contributed by atoms with Crippen LogP contribution >= 0.6 is 0 Å². The zero-order valence-corrected chi connectivity index (χ0v) is 21.5. The maximum atomic E-state index is 13.2. The van der Waals surface area contributed by atoms with Crippen molar-refractivity contribution in [2.45, 2.75) is 84.7 Å². The van der Waals surface area contributed by atoms with Crippen LogP contribution in [0.5, 0.6) is 0 Å². The van der Waals surface area contributed by atoms with Crippen LogP contribution in [0.1, 0.15) is 76.6 Å². The van der Waals surface area contributed by atoms with E-state index < -0.39 is 0 Å². The molecule has 1 N–H and O–H groups in total. The number of aromatic amines is 1. The van der Waals surface area contributed by atoms with E-state index in [-0.39, 0.29) is 5.69 Å². The lowest BCUT2D eigenvalue weighted by Gasteiger charge is -2.08. The molecule has 0 aliphatic rings. The fourth-order valence-corrected chi connectivity index (χ4v) is 4.46. The summed E-state index contributed by atoms with van der Waals surface area (Å²) in [5.41, 5.74) is 4.19. The van der Waals surface area contributed by atoms with E-state index in [1.165, 1.54) is 25.7 Å². The summed E-state index contributed by atoms with van der Waals surface area (Å²) in [7, 11) is 0. The van der Waals surface area contributed by atoms with E-state index in [0.29, 0.717) is 18.9 Å². The van der Waals surface area contributed by atoms with Gasteiger partial charge in [-0.25, -0.2) is 9.48 Å². The number of rotatable bonds is 14. The minimum absolute atomic E-state index is 0.00607. The summed E-state index contributed by atoms with van der Waals surface area (Å²) in [5.74, 6) is 1.47. The molecule has 8 heteroatoms. The minimum atomic E-state index is 0.00607. The number of nitrogens with zero attached hydrogens (tertiary/aromatic N) is 6. The summed E-state index contributed by atoms with van der Waals surface area (Å²) in [6, 6.07) is 16.5. The molecule has 2 aromatic carbocycles. The average Bonchev–Trinajstić information content (AvgIpc) is 3.55. The van der Waals surface area contributed by atoms with Gasteiger partial charge in [0.05, 0.1) is 6.54 Å². The summed E-state index contributed by atoms with van der Waals surface area (Å²) in [5, 5.41) is 19.0. The summed E-state index contributed by atoms with van der Waals surface area (Å²) in [6.45, 7) is 5.64. The topological polar surface area (TPSA) is 94.3 Å². The SMILES string of the molecule is CCCCCCCCn1nc(CCCC)n(Cc2ccc(-c3cccc(-c4nn[nH]n4)c3)cc2)c1=O. The molecule has 0 aliphatic carbocycles. The first kappa shape index (κ1) is 25.5. The summed E-state index contributed by atoms with van der Waals surface area (Å²) >= 11 is 0.